The molecule has 1 aromatic rings. The maximum Gasteiger partial charge on any atom is 0.311 e. The molecule has 0 unspecified atom stereocenters. The van der Waals surface area contributed by atoms with Gasteiger partial charge in [-0.1, -0.05) is 217 Å². The Bertz CT molecular complexity index is 792. The Hall–Kier alpha value is -1.84. The summed E-state index contributed by atoms with van der Waals surface area (Å²) in [6.45, 7) is 0. The van der Waals surface area contributed by atoms with Crippen molar-refractivity contribution in [2.45, 2.75) is 225 Å². The van der Waals surface area contributed by atoms with Crippen molar-refractivity contribution in [3.63, 3.8) is 0 Å². The fourth-order valence-corrected chi connectivity index (χ4v) is 6.70. The zero-order valence-electron chi connectivity index (χ0n) is 30.8. The minimum atomic E-state index is -0.653. The Kier molecular flexibility index (Phi) is 32.6. The number of unbranched alkanes of at least 4 members (excludes halogenated alkanes) is 32. The van der Waals surface area contributed by atoms with E-state index >= 15 is 0 Å². The van der Waals surface area contributed by atoms with Crippen LogP contribution in [0.1, 0.15) is 225 Å². The minimum absolute atomic E-state index is 0.106. The van der Waals surface area contributed by atoms with Crippen molar-refractivity contribution in [3.8, 4) is 5.75 Å². The van der Waals surface area contributed by atoms with Crippen molar-refractivity contribution < 1.29 is 19.4 Å². The molecule has 4 nitrogen and oxygen atoms in total. The van der Waals surface area contributed by atoms with Crippen LogP contribution in [0.25, 0.3) is 0 Å². The highest BCUT2D eigenvalue weighted by Crippen LogP contribution is 2.17. The molecule has 1 aromatic carbocycles. The average molecular weight is 657 g/mol. The van der Waals surface area contributed by atoms with E-state index in [0.717, 1.165) is 25.7 Å². The standard InChI is InChI=1S/C43H76O4/c44-42(45)39-35-30-28-26-24-22-20-18-16-14-12-10-8-6-4-2-1-3-5-7-9-11-13-15-17-19-21-23-25-27-29-31-36-40-43(46)47-41-37-33-32-34-38-41/h32-34,37-38H,1-31,35-36,39-40H2,(H,44,45). The molecule has 0 fully saturated rings. The minimum Gasteiger partial charge on any atom is -0.481 e. The van der Waals surface area contributed by atoms with Gasteiger partial charge in [0.2, 0.25) is 0 Å². The molecule has 0 aromatic heterocycles. The van der Waals surface area contributed by atoms with Crippen LogP contribution in [-0.4, -0.2) is 17.0 Å². The largest absolute Gasteiger partial charge is 0.481 e. The predicted octanol–water partition coefficient (Wildman–Crippen LogP) is 14.3. The number of hydrogen-bond acceptors (Lipinski definition) is 3. The molecule has 47 heavy (non-hydrogen) atoms. The molecule has 4 heteroatoms. The molecule has 1 rings (SSSR count). The third-order valence-corrected chi connectivity index (χ3v) is 9.75. The predicted molar refractivity (Wildman–Crippen MR) is 201 cm³/mol. The second-order valence-corrected chi connectivity index (χ2v) is 14.3. The van der Waals surface area contributed by atoms with Gasteiger partial charge in [-0.2, -0.15) is 0 Å². The molecule has 0 amide bonds. The van der Waals surface area contributed by atoms with E-state index < -0.39 is 5.97 Å². The number of ether oxygens (including phenoxy) is 1. The molecule has 0 saturated carbocycles. The Morgan fingerprint density at radius 3 is 0.851 bits per heavy atom. The maximum atomic E-state index is 11.9. The lowest BCUT2D eigenvalue weighted by Gasteiger charge is -2.05. The summed E-state index contributed by atoms with van der Waals surface area (Å²) >= 11 is 0. The second-order valence-electron chi connectivity index (χ2n) is 14.3. The number of carbonyl (C=O) groups excluding carboxylic acids is 1. The van der Waals surface area contributed by atoms with Gasteiger partial charge in [-0.25, -0.2) is 0 Å². The lowest BCUT2D eigenvalue weighted by molar-refractivity contribution is -0.137. The lowest BCUT2D eigenvalue weighted by Crippen LogP contribution is -2.07. The highest BCUT2D eigenvalue weighted by atomic mass is 16.5. The van der Waals surface area contributed by atoms with E-state index in [2.05, 4.69) is 0 Å². The average Bonchev–Trinajstić information content (AvgIpc) is 3.07. The van der Waals surface area contributed by atoms with Crippen molar-refractivity contribution in [2.24, 2.45) is 0 Å². The van der Waals surface area contributed by atoms with E-state index in [1.165, 1.54) is 186 Å². The Morgan fingerprint density at radius 2 is 0.596 bits per heavy atom. The van der Waals surface area contributed by atoms with Crippen LogP contribution in [0.3, 0.4) is 0 Å². The van der Waals surface area contributed by atoms with Crippen molar-refractivity contribution >= 4 is 11.9 Å². The van der Waals surface area contributed by atoms with E-state index in [0.29, 0.717) is 18.6 Å². The molecular weight excluding hydrogens is 580 g/mol. The second kappa shape index (κ2) is 35.5. The number of aliphatic carboxylic acids is 1. The van der Waals surface area contributed by atoms with Crippen LogP contribution in [0.2, 0.25) is 0 Å². The maximum absolute atomic E-state index is 11.9. The van der Waals surface area contributed by atoms with Gasteiger partial charge in [-0.05, 0) is 25.0 Å². The van der Waals surface area contributed by atoms with Crippen LogP contribution in [0.4, 0.5) is 0 Å². The van der Waals surface area contributed by atoms with Crippen LogP contribution < -0.4 is 4.74 Å². The number of carboxylic acid groups (broad SMARTS) is 1. The van der Waals surface area contributed by atoms with Crippen molar-refractivity contribution in [1.82, 2.24) is 0 Å². The van der Waals surface area contributed by atoms with E-state index in [4.69, 9.17) is 9.84 Å². The summed E-state index contributed by atoms with van der Waals surface area (Å²) in [5, 5.41) is 8.65. The van der Waals surface area contributed by atoms with E-state index in [-0.39, 0.29) is 5.97 Å². The first-order valence-electron chi connectivity index (χ1n) is 20.7. The Morgan fingerprint density at radius 1 is 0.362 bits per heavy atom. The molecule has 0 aliphatic carbocycles. The van der Waals surface area contributed by atoms with E-state index in [1.54, 1.807) is 0 Å². The summed E-state index contributed by atoms with van der Waals surface area (Å²) < 4.78 is 5.34. The highest BCUT2D eigenvalue weighted by molar-refractivity contribution is 5.72. The molecule has 0 atom stereocenters. The molecule has 0 aliphatic heterocycles. The highest BCUT2D eigenvalue weighted by Gasteiger charge is 2.04. The van der Waals surface area contributed by atoms with Gasteiger partial charge in [0.05, 0.1) is 0 Å². The number of esters is 1. The first-order valence-corrected chi connectivity index (χ1v) is 20.7. The lowest BCUT2D eigenvalue weighted by atomic mass is 10.0. The smallest absolute Gasteiger partial charge is 0.311 e. The van der Waals surface area contributed by atoms with Crippen molar-refractivity contribution in [2.75, 3.05) is 0 Å². The molecule has 0 spiro atoms. The summed E-state index contributed by atoms with van der Waals surface area (Å²) in [6, 6.07) is 9.37. The third kappa shape index (κ3) is 33.8. The van der Waals surface area contributed by atoms with Gasteiger partial charge in [-0.15, -0.1) is 0 Å². The van der Waals surface area contributed by atoms with Crippen molar-refractivity contribution in [1.29, 1.82) is 0 Å². The number of carbonyl (C=O) groups is 2. The Labute approximate surface area is 291 Å². The summed E-state index contributed by atoms with van der Waals surface area (Å²) in [4.78, 5) is 22.4. The fraction of sp³-hybridized carbons (Fsp3) is 0.814. The quantitative estimate of drug-likeness (QED) is 0.0440. The third-order valence-electron chi connectivity index (χ3n) is 9.75. The molecule has 1 N–H and O–H groups in total. The zero-order chi connectivity index (χ0) is 33.7. The van der Waals surface area contributed by atoms with Crippen LogP contribution in [0.15, 0.2) is 30.3 Å². The van der Waals surface area contributed by atoms with Gasteiger partial charge in [0.1, 0.15) is 5.75 Å². The zero-order valence-corrected chi connectivity index (χ0v) is 30.8. The monoisotopic (exact) mass is 657 g/mol. The molecule has 0 bridgehead atoms. The summed E-state index contributed by atoms with van der Waals surface area (Å²) in [5.41, 5.74) is 0. The number of hydrogen-bond donors (Lipinski definition) is 1. The molecule has 0 saturated heterocycles. The van der Waals surface area contributed by atoms with Crippen LogP contribution in [-0.2, 0) is 9.59 Å². The van der Waals surface area contributed by atoms with E-state index in [9.17, 15) is 9.59 Å². The van der Waals surface area contributed by atoms with Gasteiger partial charge >= 0.3 is 11.9 Å². The van der Waals surface area contributed by atoms with Gasteiger partial charge in [0, 0.05) is 12.8 Å². The molecule has 0 radical (unpaired) electrons. The fourth-order valence-electron chi connectivity index (χ4n) is 6.70. The molecule has 0 aliphatic rings. The number of benzene rings is 1. The van der Waals surface area contributed by atoms with Crippen molar-refractivity contribution in [3.05, 3.63) is 30.3 Å². The number of para-hydroxylation sites is 1. The first-order chi connectivity index (χ1) is 23.2. The number of rotatable bonds is 37. The molecule has 0 heterocycles. The number of carboxylic acids is 1. The van der Waals surface area contributed by atoms with Gasteiger partial charge in [0.15, 0.2) is 0 Å². The normalized spacial score (nSPS) is 11.2. The SMILES string of the molecule is O=C(O)CCCCCCCCCCCCCCCCCCCCCCCCCCCCCCCCCCCC(=O)Oc1ccccc1. The van der Waals surface area contributed by atoms with Gasteiger partial charge < -0.3 is 9.84 Å². The summed E-state index contributed by atoms with van der Waals surface area (Å²) in [6.07, 6.45) is 45.4. The van der Waals surface area contributed by atoms with Gasteiger partial charge in [-0.3, -0.25) is 9.59 Å². The van der Waals surface area contributed by atoms with Crippen LogP contribution in [0, 0.1) is 0 Å². The van der Waals surface area contributed by atoms with Crippen LogP contribution in [0.5, 0.6) is 5.75 Å². The molecule has 272 valence electrons. The summed E-state index contributed by atoms with van der Waals surface area (Å²) in [7, 11) is 0. The molecular formula is C43H76O4. The Balaban J connectivity index is 1.64. The first kappa shape index (κ1) is 43.2. The van der Waals surface area contributed by atoms with Crippen LogP contribution >= 0.6 is 0 Å². The summed E-state index contributed by atoms with van der Waals surface area (Å²) in [5.74, 6) is -0.109. The van der Waals surface area contributed by atoms with Gasteiger partial charge in [0.25, 0.3) is 0 Å². The van der Waals surface area contributed by atoms with E-state index in [1.807, 2.05) is 30.3 Å². The topological polar surface area (TPSA) is 63.6 Å².